The Hall–Kier alpha value is -1.01. The number of terminal acetylenes is 1. The van der Waals surface area contributed by atoms with E-state index in [1.807, 2.05) is 0 Å². The number of amides is 1. The van der Waals surface area contributed by atoms with Crippen LogP contribution in [0.2, 0.25) is 0 Å². The zero-order chi connectivity index (χ0) is 10.6. The van der Waals surface area contributed by atoms with Crippen LogP contribution in [0.5, 0.6) is 0 Å². The highest BCUT2D eigenvalue weighted by Crippen LogP contribution is 1.92. The fourth-order valence-corrected chi connectivity index (χ4v) is 1.10. The summed E-state index contributed by atoms with van der Waals surface area (Å²) in [6, 6.07) is 0. The first-order valence-corrected chi connectivity index (χ1v) is 5.16. The number of carbonyl (C=O) groups excluding carboxylic acids is 1. The van der Waals surface area contributed by atoms with Gasteiger partial charge in [-0.15, -0.1) is 12.3 Å². The van der Waals surface area contributed by atoms with E-state index in [4.69, 9.17) is 6.42 Å². The summed E-state index contributed by atoms with van der Waals surface area (Å²) in [5, 5.41) is 5.87. The Morgan fingerprint density at radius 1 is 1.29 bits per heavy atom. The molecule has 0 heterocycles. The van der Waals surface area contributed by atoms with Gasteiger partial charge in [-0.2, -0.15) is 0 Å². The van der Waals surface area contributed by atoms with E-state index >= 15 is 0 Å². The van der Waals surface area contributed by atoms with Crippen molar-refractivity contribution < 1.29 is 4.79 Å². The number of rotatable bonds is 8. The molecule has 14 heavy (non-hydrogen) atoms. The number of unbranched alkanes of at least 4 members (excludes halogenated alkanes) is 2. The molecule has 0 saturated carbocycles. The molecule has 0 aromatic heterocycles. The number of carbonyl (C=O) groups is 1. The molecular formula is C11H20N2O. The topological polar surface area (TPSA) is 41.1 Å². The second kappa shape index (κ2) is 10.1. The Balaban J connectivity index is 3.00. The van der Waals surface area contributed by atoms with Crippen LogP contribution in [0.3, 0.4) is 0 Å². The molecule has 0 spiro atoms. The lowest BCUT2D eigenvalue weighted by Gasteiger charge is -2.03. The Bertz CT molecular complexity index is 184. The molecule has 0 saturated heterocycles. The first-order valence-electron chi connectivity index (χ1n) is 5.16. The van der Waals surface area contributed by atoms with E-state index in [0.717, 1.165) is 38.8 Å². The van der Waals surface area contributed by atoms with Gasteiger partial charge in [-0.3, -0.25) is 4.79 Å². The molecule has 0 bridgehead atoms. The van der Waals surface area contributed by atoms with Crippen molar-refractivity contribution in [1.82, 2.24) is 10.6 Å². The monoisotopic (exact) mass is 196 g/mol. The second-order valence-corrected chi connectivity index (χ2v) is 3.19. The van der Waals surface area contributed by atoms with Crippen LogP contribution in [-0.4, -0.2) is 26.0 Å². The third kappa shape index (κ3) is 9.08. The van der Waals surface area contributed by atoms with Gasteiger partial charge in [-0.25, -0.2) is 0 Å². The van der Waals surface area contributed by atoms with Crippen LogP contribution in [-0.2, 0) is 4.79 Å². The van der Waals surface area contributed by atoms with Gasteiger partial charge in [0.1, 0.15) is 0 Å². The zero-order valence-electron chi connectivity index (χ0n) is 8.94. The van der Waals surface area contributed by atoms with Crippen LogP contribution in [0.4, 0.5) is 0 Å². The maximum atomic E-state index is 10.8. The lowest BCUT2D eigenvalue weighted by molar-refractivity contribution is -0.120. The van der Waals surface area contributed by atoms with Crippen molar-refractivity contribution in [3.05, 3.63) is 0 Å². The van der Waals surface area contributed by atoms with Gasteiger partial charge in [0, 0.05) is 19.9 Å². The van der Waals surface area contributed by atoms with E-state index < -0.39 is 0 Å². The van der Waals surface area contributed by atoms with E-state index in [9.17, 15) is 4.79 Å². The first kappa shape index (κ1) is 13.0. The summed E-state index contributed by atoms with van der Waals surface area (Å²) in [5.74, 6) is 2.72. The number of hydrogen-bond donors (Lipinski definition) is 2. The van der Waals surface area contributed by atoms with Crippen molar-refractivity contribution in [2.45, 2.75) is 32.1 Å². The van der Waals surface area contributed by atoms with Crippen LogP contribution in [0.15, 0.2) is 0 Å². The summed E-state index contributed by atoms with van der Waals surface area (Å²) in [5.41, 5.74) is 0. The number of nitrogens with one attached hydrogen (secondary N) is 2. The molecule has 0 unspecified atom stereocenters. The van der Waals surface area contributed by atoms with Gasteiger partial charge >= 0.3 is 0 Å². The van der Waals surface area contributed by atoms with E-state index in [1.165, 1.54) is 0 Å². The highest BCUT2D eigenvalue weighted by molar-refractivity contribution is 5.75. The molecular weight excluding hydrogens is 176 g/mol. The second-order valence-electron chi connectivity index (χ2n) is 3.19. The van der Waals surface area contributed by atoms with Crippen molar-refractivity contribution in [2.75, 3.05) is 20.1 Å². The van der Waals surface area contributed by atoms with Crippen molar-refractivity contribution in [3.8, 4) is 12.3 Å². The van der Waals surface area contributed by atoms with Crippen LogP contribution in [0.25, 0.3) is 0 Å². The maximum Gasteiger partial charge on any atom is 0.219 e. The third-order valence-electron chi connectivity index (χ3n) is 1.96. The quantitative estimate of drug-likeness (QED) is 0.447. The Kier molecular flexibility index (Phi) is 9.35. The van der Waals surface area contributed by atoms with Gasteiger partial charge in [0.05, 0.1) is 0 Å². The molecule has 0 aliphatic heterocycles. The molecule has 0 aliphatic rings. The van der Waals surface area contributed by atoms with Crippen molar-refractivity contribution in [3.63, 3.8) is 0 Å². The largest absolute Gasteiger partial charge is 0.359 e. The van der Waals surface area contributed by atoms with Gasteiger partial charge in [-0.05, 0) is 32.4 Å². The van der Waals surface area contributed by atoms with Crippen molar-refractivity contribution >= 4 is 5.91 Å². The minimum Gasteiger partial charge on any atom is -0.359 e. The Labute approximate surface area is 86.6 Å². The van der Waals surface area contributed by atoms with Gasteiger partial charge in [-0.1, -0.05) is 0 Å². The lowest BCUT2D eigenvalue weighted by Crippen LogP contribution is -2.21. The van der Waals surface area contributed by atoms with Crippen LogP contribution in [0.1, 0.15) is 32.1 Å². The van der Waals surface area contributed by atoms with Gasteiger partial charge in [0.25, 0.3) is 0 Å². The third-order valence-corrected chi connectivity index (χ3v) is 1.96. The van der Waals surface area contributed by atoms with E-state index in [0.29, 0.717) is 6.42 Å². The predicted octanol–water partition coefficient (Wildman–Crippen LogP) is 0.906. The van der Waals surface area contributed by atoms with E-state index in [2.05, 4.69) is 16.6 Å². The summed E-state index contributed by atoms with van der Waals surface area (Å²) < 4.78 is 0. The molecule has 0 aromatic rings. The van der Waals surface area contributed by atoms with E-state index in [1.54, 1.807) is 7.05 Å². The van der Waals surface area contributed by atoms with Gasteiger partial charge in [0.2, 0.25) is 5.91 Å². The summed E-state index contributed by atoms with van der Waals surface area (Å²) in [6.07, 6.45) is 9.69. The molecule has 1 amide bonds. The van der Waals surface area contributed by atoms with Crippen molar-refractivity contribution in [1.29, 1.82) is 0 Å². The normalized spacial score (nSPS) is 9.43. The highest BCUT2D eigenvalue weighted by Gasteiger charge is 1.95. The summed E-state index contributed by atoms with van der Waals surface area (Å²) >= 11 is 0. The predicted molar refractivity (Wildman–Crippen MR) is 58.9 cm³/mol. The first-order chi connectivity index (χ1) is 6.81. The molecule has 0 radical (unpaired) electrons. The molecule has 0 aromatic carbocycles. The molecule has 2 N–H and O–H groups in total. The van der Waals surface area contributed by atoms with Crippen LogP contribution >= 0.6 is 0 Å². The lowest BCUT2D eigenvalue weighted by atomic mass is 10.2. The Morgan fingerprint density at radius 3 is 2.64 bits per heavy atom. The standard InChI is InChI=1S/C11H20N2O/c1-3-4-5-6-9-13-10-7-8-11(14)12-2/h1,13H,4-10H2,2H3,(H,12,14). The fourth-order valence-electron chi connectivity index (χ4n) is 1.10. The molecule has 0 rings (SSSR count). The minimum atomic E-state index is 0.110. The average Bonchev–Trinajstić information content (AvgIpc) is 2.21. The van der Waals surface area contributed by atoms with Gasteiger partial charge < -0.3 is 10.6 Å². The highest BCUT2D eigenvalue weighted by atomic mass is 16.1. The average molecular weight is 196 g/mol. The van der Waals surface area contributed by atoms with Crippen molar-refractivity contribution in [2.24, 2.45) is 0 Å². The number of hydrogen-bond acceptors (Lipinski definition) is 2. The van der Waals surface area contributed by atoms with Crippen LogP contribution < -0.4 is 10.6 Å². The maximum absolute atomic E-state index is 10.8. The zero-order valence-corrected chi connectivity index (χ0v) is 8.94. The SMILES string of the molecule is C#CCCCCNCCCC(=O)NC. The smallest absolute Gasteiger partial charge is 0.219 e. The minimum absolute atomic E-state index is 0.110. The molecule has 3 heteroatoms. The molecule has 0 aliphatic carbocycles. The molecule has 0 atom stereocenters. The molecule has 0 fully saturated rings. The Morgan fingerprint density at radius 2 is 2.00 bits per heavy atom. The molecule has 3 nitrogen and oxygen atoms in total. The molecule has 80 valence electrons. The summed E-state index contributed by atoms with van der Waals surface area (Å²) in [4.78, 5) is 10.8. The fraction of sp³-hybridized carbons (Fsp3) is 0.727. The van der Waals surface area contributed by atoms with Gasteiger partial charge in [0.15, 0.2) is 0 Å². The summed E-state index contributed by atoms with van der Waals surface area (Å²) in [7, 11) is 1.66. The van der Waals surface area contributed by atoms with Crippen LogP contribution in [0, 0.1) is 12.3 Å². The van der Waals surface area contributed by atoms with E-state index in [-0.39, 0.29) is 5.91 Å². The summed E-state index contributed by atoms with van der Waals surface area (Å²) in [6.45, 7) is 1.90.